The van der Waals surface area contributed by atoms with Crippen LogP contribution in [0.15, 0.2) is 10.6 Å². The minimum Gasteiger partial charge on any atom is -0.383 e. The zero-order valence-electron chi connectivity index (χ0n) is 11.6. The highest BCUT2D eigenvalue weighted by molar-refractivity contribution is 5.03. The Morgan fingerprint density at radius 2 is 2.33 bits per heavy atom. The molecule has 1 aromatic heterocycles. The van der Waals surface area contributed by atoms with E-state index in [2.05, 4.69) is 21.9 Å². The third-order valence-electron chi connectivity index (χ3n) is 3.49. The van der Waals surface area contributed by atoms with Gasteiger partial charge in [0.15, 0.2) is 0 Å². The van der Waals surface area contributed by atoms with Crippen molar-refractivity contribution < 1.29 is 9.26 Å². The molecule has 102 valence electrons. The lowest BCUT2D eigenvalue weighted by molar-refractivity contribution is 0.0548. The van der Waals surface area contributed by atoms with Gasteiger partial charge in [-0.2, -0.15) is 0 Å². The number of ether oxygens (including phenoxy) is 1. The number of rotatable bonds is 5. The predicted octanol–water partition coefficient (Wildman–Crippen LogP) is 1.14. The van der Waals surface area contributed by atoms with Crippen LogP contribution in [0.1, 0.15) is 18.4 Å². The minimum atomic E-state index is 0.571. The van der Waals surface area contributed by atoms with Gasteiger partial charge in [-0.1, -0.05) is 5.16 Å². The highest BCUT2D eigenvalue weighted by Crippen LogP contribution is 2.12. The van der Waals surface area contributed by atoms with E-state index in [0.29, 0.717) is 6.04 Å². The summed E-state index contributed by atoms with van der Waals surface area (Å²) >= 11 is 0. The SMILES string of the molecule is COCCN1CCN(Cc2cc(C)on2)C[C@H]1C. The summed E-state index contributed by atoms with van der Waals surface area (Å²) in [6.45, 7) is 10.2. The second-order valence-electron chi connectivity index (χ2n) is 5.04. The molecule has 1 aliphatic heterocycles. The summed E-state index contributed by atoms with van der Waals surface area (Å²) in [6, 6.07) is 2.59. The molecule has 5 nitrogen and oxygen atoms in total. The summed E-state index contributed by atoms with van der Waals surface area (Å²) in [5, 5.41) is 4.05. The zero-order valence-corrected chi connectivity index (χ0v) is 11.6. The van der Waals surface area contributed by atoms with Gasteiger partial charge in [0.25, 0.3) is 0 Å². The number of aryl methyl sites for hydroxylation is 1. The molecule has 1 saturated heterocycles. The Labute approximate surface area is 109 Å². The van der Waals surface area contributed by atoms with Crippen LogP contribution in [0.5, 0.6) is 0 Å². The maximum atomic E-state index is 5.14. The first-order valence-corrected chi connectivity index (χ1v) is 6.56. The van der Waals surface area contributed by atoms with Gasteiger partial charge in [0, 0.05) is 51.9 Å². The van der Waals surface area contributed by atoms with Crippen molar-refractivity contribution in [3.63, 3.8) is 0 Å². The van der Waals surface area contributed by atoms with Crippen molar-refractivity contribution in [3.05, 3.63) is 17.5 Å². The monoisotopic (exact) mass is 253 g/mol. The van der Waals surface area contributed by atoms with Gasteiger partial charge in [-0.3, -0.25) is 9.80 Å². The van der Waals surface area contributed by atoms with Crippen LogP contribution in [0.3, 0.4) is 0 Å². The van der Waals surface area contributed by atoms with Crippen LogP contribution in [-0.2, 0) is 11.3 Å². The Balaban J connectivity index is 1.80. The van der Waals surface area contributed by atoms with E-state index in [0.717, 1.165) is 50.8 Å². The van der Waals surface area contributed by atoms with E-state index in [9.17, 15) is 0 Å². The number of hydrogen-bond acceptors (Lipinski definition) is 5. The van der Waals surface area contributed by atoms with Gasteiger partial charge in [0.05, 0.1) is 12.3 Å². The van der Waals surface area contributed by atoms with Crippen molar-refractivity contribution >= 4 is 0 Å². The van der Waals surface area contributed by atoms with Gasteiger partial charge in [-0.05, 0) is 13.8 Å². The first-order chi connectivity index (χ1) is 8.69. The third-order valence-corrected chi connectivity index (χ3v) is 3.49. The summed E-state index contributed by atoms with van der Waals surface area (Å²) in [5.41, 5.74) is 1.03. The molecule has 0 amide bonds. The Kier molecular flexibility index (Phi) is 4.74. The molecule has 1 aliphatic rings. The largest absolute Gasteiger partial charge is 0.383 e. The van der Waals surface area contributed by atoms with Gasteiger partial charge >= 0.3 is 0 Å². The highest BCUT2D eigenvalue weighted by Gasteiger charge is 2.23. The van der Waals surface area contributed by atoms with Gasteiger partial charge in [0.2, 0.25) is 0 Å². The van der Waals surface area contributed by atoms with Crippen LogP contribution in [-0.4, -0.2) is 60.9 Å². The van der Waals surface area contributed by atoms with E-state index in [1.165, 1.54) is 0 Å². The molecule has 2 heterocycles. The third kappa shape index (κ3) is 3.54. The van der Waals surface area contributed by atoms with Crippen LogP contribution >= 0.6 is 0 Å². The van der Waals surface area contributed by atoms with Crippen LogP contribution in [0.25, 0.3) is 0 Å². The van der Waals surface area contributed by atoms with E-state index < -0.39 is 0 Å². The maximum absolute atomic E-state index is 5.14. The lowest BCUT2D eigenvalue weighted by Gasteiger charge is -2.39. The summed E-state index contributed by atoms with van der Waals surface area (Å²) in [4.78, 5) is 4.92. The standard InChI is InChI=1S/C13H23N3O2/c1-11-9-15(4-5-16(11)6-7-17-3)10-13-8-12(2)18-14-13/h8,11H,4-7,9-10H2,1-3H3/t11-/m1/s1. The lowest BCUT2D eigenvalue weighted by atomic mass is 10.2. The molecule has 1 aromatic rings. The molecular weight excluding hydrogens is 230 g/mol. The number of nitrogens with zero attached hydrogens (tertiary/aromatic N) is 3. The van der Waals surface area contributed by atoms with Gasteiger partial charge < -0.3 is 9.26 Å². The Hall–Kier alpha value is -0.910. The second kappa shape index (κ2) is 6.31. The molecule has 0 unspecified atom stereocenters. The minimum absolute atomic E-state index is 0.571. The molecular formula is C13H23N3O2. The fourth-order valence-electron chi connectivity index (χ4n) is 2.48. The van der Waals surface area contributed by atoms with Crippen LogP contribution < -0.4 is 0 Å². The average Bonchev–Trinajstić information content (AvgIpc) is 2.74. The number of piperazine rings is 1. The summed E-state index contributed by atoms with van der Waals surface area (Å²) in [6.07, 6.45) is 0. The van der Waals surface area contributed by atoms with Crippen LogP contribution in [0.2, 0.25) is 0 Å². The van der Waals surface area contributed by atoms with Crippen molar-refractivity contribution in [2.24, 2.45) is 0 Å². The first kappa shape index (κ1) is 13.5. The van der Waals surface area contributed by atoms with Crippen molar-refractivity contribution in [1.82, 2.24) is 15.0 Å². The maximum Gasteiger partial charge on any atom is 0.133 e. The highest BCUT2D eigenvalue weighted by atomic mass is 16.5. The molecule has 0 bridgehead atoms. The Morgan fingerprint density at radius 3 is 2.94 bits per heavy atom. The topological polar surface area (TPSA) is 41.7 Å². The Morgan fingerprint density at radius 1 is 1.50 bits per heavy atom. The predicted molar refractivity (Wildman–Crippen MR) is 69.4 cm³/mol. The van der Waals surface area contributed by atoms with E-state index in [4.69, 9.17) is 9.26 Å². The fraction of sp³-hybridized carbons (Fsp3) is 0.769. The molecule has 18 heavy (non-hydrogen) atoms. The van der Waals surface area contributed by atoms with Gasteiger partial charge in [-0.25, -0.2) is 0 Å². The molecule has 1 atom stereocenters. The van der Waals surface area contributed by atoms with E-state index in [1.807, 2.05) is 13.0 Å². The first-order valence-electron chi connectivity index (χ1n) is 6.56. The molecule has 5 heteroatoms. The molecule has 1 fully saturated rings. The van der Waals surface area contributed by atoms with Crippen molar-refractivity contribution in [1.29, 1.82) is 0 Å². The fourth-order valence-corrected chi connectivity index (χ4v) is 2.48. The van der Waals surface area contributed by atoms with Crippen molar-refractivity contribution in [2.45, 2.75) is 26.4 Å². The van der Waals surface area contributed by atoms with E-state index in [-0.39, 0.29) is 0 Å². The van der Waals surface area contributed by atoms with E-state index in [1.54, 1.807) is 7.11 Å². The summed E-state index contributed by atoms with van der Waals surface area (Å²) in [5.74, 6) is 0.886. The second-order valence-corrected chi connectivity index (χ2v) is 5.04. The van der Waals surface area contributed by atoms with Crippen molar-refractivity contribution in [3.8, 4) is 0 Å². The number of methoxy groups -OCH3 is 1. The van der Waals surface area contributed by atoms with E-state index >= 15 is 0 Å². The van der Waals surface area contributed by atoms with Crippen LogP contribution in [0.4, 0.5) is 0 Å². The molecule has 0 N–H and O–H groups in total. The quantitative estimate of drug-likeness (QED) is 0.787. The molecule has 2 rings (SSSR count). The van der Waals surface area contributed by atoms with Crippen molar-refractivity contribution in [2.75, 3.05) is 39.9 Å². The molecule has 0 spiro atoms. The van der Waals surface area contributed by atoms with Gasteiger partial charge in [0.1, 0.15) is 5.76 Å². The zero-order chi connectivity index (χ0) is 13.0. The number of hydrogen-bond donors (Lipinski definition) is 0. The average molecular weight is 253 g/mol. The lowest BCUT2D eigenvalue weighted by Crippen LogP contribution is -2.52. The molecule has 0 saturated carbocycles. The molecule has 0 aromatic carbocycles. The van der Waals surface area contributed by atoms with Gasteiger partial charge in [-0.15, -0.1) is 0 Å². The molecule has 0 aliphatic carbocycles. The smallest absolute Gasteiger partial charge is 0.133 e. The molecule has 0 radical (unpaired) electrons. The summed E-state index contributed by atoms with van der Waals surface area (Å²) in [7, 11) is 1.76. The van der Waals surface area contributed by atoms with Crippen LogP contribution in [0, 0.1) is 6.92 Å². The summed E-state index contributed by atoms with van der Waals surface area (Å²) < 4.78 is 10.2. The normalized spacial score (nSPS) is 22.5. The Bertz CT molecular complexity index is 367. The number of aromatic nitrogens is 1.